The molecule has 1 N–H and O–H groups in total. The normalized spacial score (nSPS) is 12.2. The van der Waals surface area contributed by atoms with Crippen LogP contribution in [0.1, 0.15) is 21.3 Å². The van der Waals surface area contributed by atoms with Gasteiger partial charge < -0.3 is 10.2 Å². The second-order valence-corrected chi connectivity index (χ2v) is 8.12. The molecule has 2 heterocycles. The molecule has 0 fully saturated rings. The van der Waals surface area contributed by atoms with E-state index in [-0.39, 0.29) is 11.9 Å². The summed E-state index contributed by atoms with van der Waals surface area (Å²) >= 11 is 1.71. The fourth-order valence-corrected chi connectivity index (χ4v) is 4.35. The highest BCUT2D eigenvalue weighted by Crippen LogP contribution is 2.26. The number of hydrogen-bond acceptors (Lipinski definition) is 4. The molecule has 4 rings (SSSR count). The van der Waals surface area contributed by atoms with E-state index in [0.29, 0.717) is 12.1 Å². The van der Waals surface area contributed by atoms with Crippen LogP contribution in [-0.4, -0.2) is 36.4 Å². The van der Waals surface area contributed by atoms with E-state index in [2.05, 4.69) is 21.7 Å². The van der Waals surface area contributed by atoms with Gasteiger partial charge in [-0.3, -0.25) is 4.79 Å². The molecule has 2 aromatic heterocycles. The van der Waals surface area contributed by atoms with Gasteiger partial charge in [-0.15, -0.1) is 11.3 Å². The molecule has 146 valence electrons. The molecule has 1 amide bonds. The van der Waals surface area contributed by atoms with Crippen LogP contribution in [0.3, 0.4) is 0 Å². The van der Waals surface area contributed by atoms with Crippen LogP contribution in [0.5, 0.6) is 0 Å². The minimum Gasteiger partial charge on any atom is -0.350 e. The zero-order valence-electron chi connectivity index (χ0n) is 16.5. The molecule has 29 heavy (non-hydrogen) atoms. The lowest BCUT2D eigenvalue weighted by Gasteiger charge is -2.23. The van der Waals surface area contributed by atoms with E-state index in [0.717, 1.165) is 22.2 Å². The minimum atomic E-state index is -0.0795. The first kappa shape index (κ1) is 19.3. The second-order valence-electron chi connectivity index (χ2n) is 7.14. The lowest BCUT2D eigenvalue weighted by Crippen LogP contribution is -2.34. The largest absolute Gasteiger partial charge is 0.350 e. The predicted octanol–water partition coefficient (Wildman–Crippen LogP) is 5.00. The first-order valence-electron chi connectivity index (χ1n) is 9.56. The number of carbonyl (C=O) groups excluding carboxylic acids is 1. The molecule has 2 aromatic carbocycles. The van der Waals surface area contributed by atoms with Crippen LogP contribution in [0.15, 0.2) is 78.2 Å². The Hall–Kier alpha value is -3.02. The summed E-state index contributed by atoms with van der Waals surface area (Å²) in [5, 5.41) is 6.07. The average molecular weight is 402 g/mol. The van der Waals surface area contributed by atoms with Gasteiger partial charge in [-0.05, 0) is 37.7 Å². The fraction of sp³-hybridized carbons (Fsp3) is 0.167. The van der Waals surface area contributed by atoms with E-state index in [1.54, 1.807) is 11.3 Å². The van der Waals surface area contributed by atoms with Gasteiger partial charge in [0.1, 0.15) is 0 Å². The number of para-hydroxylation sites is 1. The lowest BCUT2D eigenvalue weighted by molar-refractivity contribution is 0.0944. The summed E-state index contributed by atoms with van der Waals surface area (Å²) in [5.74, 6) is -0.0795. The van der Waals surface area contributed by atoms with E-state index in [4.69, 9.17) is 4.98 Å². The molecule has 0 spiro atoms. The van der Waals surface area contributed by atoms with Crippen molar-refractivity contribution in [3.8, 4) is 11.3 Å². The summed E-state index contributed by atoms with van der Waals surface area (Å²) in [7, 11) is 4.07. The first-order valence-corrected chi connectivity index (χ1v) is 10.4. The summed E-state index contributed by atoms with van der Waals surface area (Å²) in [6.07, 6.45) is 0. The number of likely N-dealkylation sites (N-methyl/N-ethyl adjacent to an activating group) is 1. The van der Waals surface area contributed by atoms with Crippen LogP contribution in [0.25, 0.3) is 22.2 Å². The third-order valence-corrected chi connectivity index (χ3v) is 5.95. The first-order chi connectivity index (χ1) is 14.1. The third-order valence-electron chi connectivity index (χ3n) is 4.98. The zero-order valence-corrected chi connectivity index (χ0v) is 17.3. The molecule has 4 aromatic rings. The van der Waals surface area contributed by atoms with Crippen LogP contribution in [0.4, 0.5) is 0 Å². The van der Waals surface area contributed by atoms with Crippen molar-refractivity contribution in [3.05, 3.63) is 88.6 Å². The van der Waals surface area contributed by atoms with Gasteiger partial charge in [0, 0.05) is 22.4 Å². The van der Waals surface area contributed by atoms with Gasteiger partial charge in [-0.2, -0.15) is 0 Å². The van der Waals surface area contributed by atoms with Crippen molar-refractivity contribution in [2.24, 2.45) is 0 Å². The Morgan fingerprint density at radius 2 is 1.79 bits per heavy atom. The number of hydrogen-bond donors (Lipinski definition) is 1. The number of nitrogens with zero attached hydrogens (tertiary/aromatic N) is 2. The second kappa shape index (κ2) is 8.55. The van der Waals surface area contributed by atoms with Crippen molar-refractivity contribution >= 4 is 28.1 Å². The van der Waals surface area contributed by atoms with Gasteiger partial charge in [-0.1, -0.05) is 54.6 Å². The van der Waals surface area contributed by atoms with Crippen LogP contribution in [0.2, 0.25) is 0 Å². The standard InChI is InChI=1S/C24H23N3OS/c1-27(2)22(23-13-8-14-29-23)16-25-24(28)19-15-21(17-9-4-3-5-10-17)26-20-12-7-6-11-18(19)20/h3-15,22H,16H2,1-2H3,(H,25,28). The fourth-order valence-electron chi connectivity index (χ4n) is 3.42. The van der Waals surface area contributed by atoms with E-state index in [9.17, 15) is 4.79 Å². The summed E-state index contributed by atoms with van der Waals surface area (Å²) in [5.41, 5.74) is 3.27. The Bertz CT molecular complexity index is 1110. The van der Waals surface area contributed by atoms with E-state index in [1.165, 1.54) is 4.88 Å². The summed E-state index contributed by atoms with van der Waals surface area (Å²) in [4.78, 5) is 21.3. The highest BCUT2D eigenvalue weighted by Gasteiger charge is 2.19. The third kappa shape index (κ3) is 4.21. The molecule has 1 atom stereocenters. The molecule has 4 nitrogen and oxygen atoms in total. The molecule has 0 aliphatic carbocycles. The van der Waals surface area contributed by atoms with Crippen molar-refractivity contribution < 1.29 is 4.79 Å². The van der Waals surface area contributed by atoms with Crippen molar-refractivity contribution in [3.63, 3.8) is 0 Å². The van der Waals surface area contributed by atoms with Gasteiger partial charge >= 0.3 is 0 Å². The van der Waals surface area contributed by atoms with Crippen LogP contribution >= 0.6 is 11.3 Å². The van der Waals surface area contributed by atoms with Gasteiger partial charge in [0.15, 0.2) is 0 Å². The lowest BCUT2D eigenvalue weighted by atomic mass is 10.0. The number of amides is 1. The molecule has 1 unspecified atom stereocenters. The van der Waals surface area contributed by atoms with Gasteiger partial charge in [0.25, 0.3) is 5.91 Å². The molecule has 5 heteroatoms. The highest BCUT2D eigenvalue weighted by molar-refractivity contribution is 7.10. The smallest absolute Gasteiger partial charge is 0.252 e. The number of carbonyl (C=O) groups is 1. The molecule has 0 radical (unpaired) electrons. The Balaban J connectivity index is 1.66. The molecular weight excluding hydrogens is 378 g/mol. The van der Waals surface area contributed by atoms with Crippen LogP contribution in [0, 0.1) is 0 Å². The topological polar surface area (TPSA) is 45.2 Å². The maximum absolute atomic E-state index is 13.2. The molecule has 0 saturated carbocycles. The molecule has 0 saturated heterocycles. The van der Waals surface area contributed by atoms with Crippen molar-refractivity contribution in [1.82, 2.24) is 15.2 Å². The molecule has 0 aliphatic rings. The summed E-state index contributed by atoms with van der Waals surface area (Å²) in [6, 6.07) is 23.9. The average Bonchev–Trinajstić information content (AvgIpc) is 3.28. The van der Waals surface area contributed by atoms with Crippen LogP contribution in [-0.2, 0) is 0 Å². The number of fused-ring (bicyclic) bond motifs is 1. The maximum Gasteiger partial charge on any atom is 0.252 e. The Labute approximate surface area is 174 Å². The molecular formula is C24H23N3OS. The maximum atomic E-state index is 13.2. The van der Waals surface area contributed by atoms with Crippen molar-refractivity contribution in [1.29, 1.82) is 0 Å². The van der Waals surface area contributed by atoms with Gasteiger partial charge in [0.05, 0.1) is 22.8 Å². The Morgan fingerprint density at radius 3 is 2.52 bits per heavy atom. The number of aromatic nitrogens is 1. The van der Waals surface area contributed by atoms with E-state index in [1.807, 2.05) is 80.8 Å². The number of pyridine rings is 1. The van der Waals surface area contributed by atoms with Crippen LogP contribution < -0.4 is 5.32 Å². The van der Waals surface area contributed by atoms with Crippen molar-refractivity contribution in [2.45, 2.75) is 6.04 Å². The van der Waals surface area contributed by atoms with E-state index < -0.39 is 0 Å². The Kier molecular flexibility index (Phi) is 5.69. The molecule has 0 aliphatic heterocycles. The number of nitrogens with one attached hydrogen (secondary N) is 1. The summed E-state index contributed by atoms with van der Waals surface area (Å²) < 4.78 is 0. The number of benzene rings is 2. The van der Waals surface area contributed by atoms with Crippen molar-refractivity contribution in [2.75, 3.05) is 20.6 Å². The monoisotopic (exact) mass is 401 g/mol. The SMILES string of the molecule is CN(C)C(CNC(=O)c1cc(-c2ccccc2)nc2ccccc12)c1cccs1. The molecule has 0 bridgehead atoms. The minimum absolute atomic E-state index is 0.0795. The summed E-state index contributed by atoms with van der Waals surface area (Å²) in [6.45, 7) is 0.545. The highest BCUT2D eigenvalue weighted by atomic mass is 32.1. The quantitative estimate of drug-likeness (QED) is 0.495. The zero-order chi connectivity index (χ0) is 20.2. The van der Waals surface area contributed by atoms with E-state index >= 15 is 0 Å². The number of rotatable bonds is 6. The number of thiophene rings is 1. The Morgan fingerprint density at radius 1 is 1.03 bits per heavy atom. The van der Waals surface area contributed by atoms with Gasteiger partial charge in [-0.25, -0.2) is 4.98 Å². The predicted molar refractivity (Wildman–Crippen MR) is 120 cm³/mol. The van der Waals surface area contributed by atoms with Gasteiger partial charge in [0.2, 0.25) is 0 Å².